The third kappa shape index (κ3) is 23.1. The summed E-state index contributed by atoms with van der Waals surface area (Å²) in [6.45, 7) is 2.41. The first kappa shape index (κ1) is 53.0. The minimum absolute atomic E-state index is 0.0300. The van der Waals surface area contributed by atoms with Crippen LogP contribution < -0.4 is 60.2 Å². The zero-order valence-electron chi connectivity index (χ0n) is 33.1. The van der Waals surface area contributed by atoms with Crippen molar-refractivity contribution in [2.75, 3.05) is 19.6 Å². The Kier molecular flexibility index (Phi) is 25.6. The van der Waals surface area contributed by atoms with E-state index in [1.54, 1.807) is 0 Å². The highest BCUT2D eigenvalue weighted by atomic mass is 16.4. The van der Waals surface area contributed by atoms with Gasteiger partial charge in [-0.25, -0.2) is 4.79 Å². The third-order valence-corrected chi connectivity index (χ3v) is 8.42. The highest BCUT2D eigenvalue weighted by molar-refractivity contribution is 5.97. The molecule has 25 nitrogen and oxygen atoms in total. The Labute approximate surface area is 339 Å². The molecule has 0 saturated carbocycles. The van der Waals surface area contributed by atoms with E-state index in [-0.39, 0.29) is 38.8 Å². The molecule has 0 fully saturated rings. The first-order valence-electron chi connectivity index (χ1n) is 18.8. The van der Waals surface area contributed by atoms with Crippen molar-refractivity contribution in [2.45, 2.75) is 127 Å². The summed E-state index contributed by atoms with van der Waals surface area (Å²) in [5.74, 6) is -11.4. The molecule has 0 aliphatic rings. The zero-order valence-corrected chi connectivity index (χ0v) is 33.1. The van der Waals surface area contributed by atoms with Crippen molar-refractivity contribution in [3.8, 4) is 0 Å². The van der Waals surface area contributed by atoms with Gasteiger partial charge in [0.1, 0.15) is 36.3 Å². The molecule has 0 aromatic heterocycles. The molecule has 0 aromatic carbocycles. The van der Waals surface area contributed by atoms with E-state index in [9.17, 15) is 57.8 Å². The van der Waals surface area contributed by atoms with E-state index in [4.69, 9.17) is 33.1 Å². The van der Waals surface area contributed by atoms with Gasteiger partial charge in [0.25, 0.3) is 0 Å². The molecule has 0 aliphatic carbocycles. The van der Waals surface area contributed by atoms with Crippen molar-refractivity contribution < 1.29 is 68.1 Å². The van der Waals surface area contributed by atoms with Gasteiger partial charge in [-0.2, -0.15) is 0 Å². The van der Waals surface area contributed by atoms with Crippen LogP contribution in [0.4, 0.5) is 0 Å². The van der Waals surface area contributed by atoms with Gasteiger partial charge in [0.2, 0.25) is 47.3 Å². The highest BCUT2D eigenvalue weighted by Crippen LogP contribution is 2.06. The molecule has 18 N–H and O–H groups in total. The van der Waals surface area contributed by atoms with Crippen molar-refractivity contribution in [1.82, 2.24) is 37.2 Å². The molecule has 7 atom stereocenters. The number of aliphatic carboxylic acids is 3. The molecule has 0 radical (unpaired) electrons. The summed E-state index contributed by atoms with van der Waals surface area (Å²) in [6.07, 6.45) is -0.609. The van der Waals surface area contributed by atoms with E-state index >= 15 is 0 Å². The Hall–Kier alpha value is -5.95. The van der Waals surface area contributed by atoms with Crippen molar-refractivity contribution in [3.05, 3.63) is 0 Å². The molecule has 334 valence electrons. The minimum atomic E-state index is -1.87. The molecule has 0 bridgehead atoms. The molecule has 25 heteroatoms. The second kappa shape index (κ2) is 28.5. The molecule has 0 rings (SSSR count). The molecule has 59 heavy (non-hydrogen) atoms. The van der Waals surface area contributed by atoms with Crippen LogP contribution in [0.3, 0.4) is 0 Å². The standard InChI is InChI=1S/C34H59N11O14/c1-17(40-30(54)19(37)9-12-26(48)49)28(52)43-20(7-3-5-13-35)31(55)39-16-25(47)42-21(8-4-6-14-36)32(56)41-18(2)29(53)44-22(10-11-24(38)46)33(57)45-23(34(58)59)15-27(50)51/h17-23H,3-16,35-37H2,1-2H3,(H2,38,46)(H,39,55)(H,40,54)(H,41,56)(H,42,47)(H,43,52)(H,44,53)(H,45,57)(H,48,49)(H,50,51)(H,58,59)/t17-,18-,19-,20-,21-,22-,23-/m0/s1. The Morgan fingerprint density at radius 2 is 0.966 bits per heavy atom. The average molecular weight is 846 g/mol. The summed E-state index contributed by atoms with van der Waals surface area (Å²) in [7, 11) is 0. The van der Waals surface area contributed by atoms with Crippen LogP contribution in [0.15, 0.2) is 0 Å². The maximum atomic E-state index is 13.3. The summed E-state index contributed by atoms with van der Waals surface area (Å²) in [6, 6.07) is -9.69. The van der Waals surface area contributed by atoms with Crippen molar-refractivity contribution >= 4 is 65.2 Å². The normalized spacial score (nSPS) is 14.3. The van der Waals surface area contributed by atoms with Crippen molar-refractivity contribution in [2.24, 2.45) is 22.9 Å². The van der Waals surface area contributed by atoms with E-state index < -0.39 is 133 Å². The van der Waals surface area contributed by atoms with Crippen LogP contribution in [0.2, 0.25) is 0 Å². The maximum Gasteiger partial charge on any atom is 0.326 e. The molecule has 0 saturated heterocycles. The summed E-state index contributed by atoms with van der Waals surface area (Å²) in [5, 5.41) is 43.3. The summed E-state index contributed by atoms with van der Waals surface area (Å²) >= 11 is 0. The van der Waals surface area contributed by atoms with Gasteiger partial charge in [0.15, 0.2) is 0 Å². The zero-order chi connectivity index (χ0) is 45.2. The molecule has 8 amide bonds. The van der Waals surface area contributed by atoms with Gasteiger partial charge in [-0.1, -0.05) is 0 Å². The number of primary amides is 1. The van der Waals surface area contributed by atoms with E-state index in [0.717, 1.165) is 0 Å². The van der Waals surface area contributed by atoms with Crippen LogP contribution in [0.1, 0.15) is 84.5 Å². The van der Waals surface area contributed by atoms with Gasteiger partial charge in [-0.15, -0.1) is 0 Å². The van der Waals surface area contributed by atoms with Crippen LogP contribution >= 0.6 is 0 Å². The number of unbranched alkanes of at least 4 members (excludes halogenated alkanes) is 2. The number of carbonyl (C=O) groups excluding carboxylic acids is 8. The number of carboxylic acid groups (broad SMARTS) is 3. The first-order chi connectivity index (χ1) is 27.6. The molecule has 0 unspecified atom stereocenters. The summed E-state index contributed by atoms with van der Waals surface area (Å²) in [4.78, 5) is 135. The Morgan fingerprint density at radius 1 is 0.508 bits per heavy atom. The fourth-order valence-corrected chi connectivity index (χ4v) is 5.03. The largest absolute Gasteiger partial charge is 0.481 e. The maximum absolute atomic E-state index is 13.3. The van der Waals surface area contributed by atoms with Crippen molar-refractivity contribution in [1.29, 1.82) is 0 Å². The number of hydrogen-bond donors (Lipinski definition) is 14. The predicted molar refractivity (Wildman–Crippen MR) is 205 cm³/mol. The molecule has 0 aromatic rings. The second-order valence-electron chi connectivity index (χ2n) is 13.5. The SMILES string of the molecule is C[C@H](NC(=O)[C@H](CCCCN)NC(=O)CNC(=O)[C@H](CCCCN)NC(=O)[C@H](C)NC(=O)[C@@H](N)CCC(=O)O)C(=O)N[C@@H](CCC(N)=O)C(=O)N[C@@H](CC(=O)O)C(=O)O. The minimum Gasteiger partial charge on any atom is -0.481 e. The quantitative estimate of drug-likeness (QED) is 0.0289. The summed E-state index contributed by atoms with van der Waals surface area (Å²) < 4.78 is 0. The average Bonchev–Trinajstić information content (AvgIpc) is 3.15. The molecule has 0 aliphatic heterocycles. The number of nitrogens with one attached hydrogen (secondary N) is 7. The number of rotatable bonds is 31. The Balaban J connectivity index is 5.70. The van der Waals surface area contributed by atoms with Gasteiger partial charge in [-0.05, 0) is 78.3 Å². The highest BCUT2D eigenvalue weighted by Gasteiger charge is 2.31. The Bertz CT molecular complexity index is 1500. The number of carboxylic acids is 3. The lowest BCUT2D eigenvalue weighted by molar-refractivity contribution is -0.147. The van der Waals surface area contributed by atoms with Gasteiger partial charge in [0.05, 0.1) is 19.0 Å². The van der Waals surface area contributed by atoms with E-state index in [1.807, 2.05) is 5.32 Å². The number of nitrogens with two attached hydrogens (primary N) is 4. The van der Waals surface area contributed by atoms with E-state index in [1.165, 1.54) is 13.8 Å². The summed E-state index contributed by atoms with van der Waals surface area (Å²) in [5.41, 5.74) is 22.0. The van der Waals surface area contributed by atoms with Gasteiger partial charge in [-0.3, -0.25) is 47.9 Å². The van der Waals surface area contributed by atoms with Crippen LogP contribution in [-0.2, 0) is 52.7 Å². The van der Waals surface area contributed by atoms with Crippen LogP contribution in [0, 0.1) is 0 Å². The molecule has 0 heterocycles. The fourth-order valence-electron chi connectivity index (χ4n) is 5.03. The van der Waals surface area contributed by atoms with Gasteiger partial charge < -0.3 is 75.5 Å². The fraction of sp³-hybridized carbons (Fsp3) is 0.676. The van der Waals surface area contributed by atoms with Crippen LogP contribution in [-0.4, -0.2) is 142 Å². The topological polar surface area (TPSA) is 437 Å². The lowest BCUT2D eigenvalue weighted by Crippen LogP contribution is -2.58. The predicted octanol–water partition coefficient (Wildman–Crippen LogP) is -5.67. The lowest BCUT2D eigenvalue weighted by atomic mass is 10.1. The Morgan fingerprint density at radius 3 is 1.42 bits per heavy atom. The van der Waals surface area contributed by atoms with Crippen LogP contribution in [0.5, 0.6) is 0 Å². The smallest absolute Gasteiger partial charge is 0.326 e. The second-order valence-corrected chi connectivity index (χ2v) is 13.5. The molecular formula is C34H59N11O14. The third-order valence-electron chi connectivity index (χ3n) is 8.42. The number of hydrogen-bond acceptors (Lipinski definition) is 14. The van der Waals surface area contributed by atoms with Gasteiger partial charge in [0, 0.05) is 12.8 Å². The monoisotopic (exact) mass is 845 g/mol. The van der Waals surface area contributed by atoms with Crippen molar-refractivity contribution in [3.63, 3.8) is 0 Å². The van der Waals surface area contributed by atoms with E-state index in [2.05, 4.69) is 31.9 Å². The number of carbonyl (C=O) groups is 11. The number of amides is 8. The lowest BCUT2D eigenvalue weighted by Gasteiger charge is -2.24. The molecular weight excluding hydrogens is 786 g/mol. The first-order valence-corrected chi connectivity index (χ1v) is 18.8. The molecule has 0 spiro atoms. The van der Waals surface area contributed by atoms with Crippen LogP contribution in [0.25, 0.3) is 0 Å². The van der Waals surface area contributed by atoms with Gasteiger partial charge >= 0.3 is 17.9 Å². The van der Waals surface area contributed by atoms with E-state index in [0.29, 0.717) is 25.7 Å².